The van der Waals surface area contributed by atoms with E-state index in [9.17, 15) is 0 Å². The molecule has 4 heteroatoms. The van der Waals surface area contributed by atoms with Crippen molar-refractivity contribution >= 4 is 28.4 Å². The molecule has 0 bridgehead atoms. The maximum atomic E-state index is 6.33. The van der Waals surface area contributed by atoms with Crippen LogP contribution in [0.15, 0.2) is 29.0 Å². The van der Waals surface area contributed by atoms with E-state index in [0.717, 1.165) is 23.2 Å². The van der Waals surface area contributed by atoms with Crippen LogP contribution in [-0.2, 0) is 0 Å². The van der Waals surface area contributed by atoms with E-state index >= 15 is 0 Å². The molecule has 1 unspecified atom stereocenters. The Morgan fingerprint density at radius 1 is 1.39 bits per heavy atom. The van der Waals surface area contributed by atoms with Gasteiger partial charge in [-0.15, -0.1) is 11.6 Å². The van der Waals surface area contributed by atoms with Gasteiger partial charge in [0.25, 0.3) is 0 Å². The molecule has 0 aliphatic heterocycles. The standard InChI is InChI=1S/C14H19ClN2O/c1-14(2,3)8-10(15)9-17-13-11-5-7-18-12(11)4-6-16-13/h4-7,10H,8-9H2,1-3H3,(H,16,17). The molecule has 2 aromatic rings. The van der Waals surface area contributed by atoms with E-state index in [-0.39, 0.29) is 10.8 Å². The number of anilines is 1. The Labute approximate surface area is 113 Å². The fourth-order valence-corrected chi connectivity index (χ4v) is 2.52. The topological polar surface area (TPSA) is 38.1 Å². The second kappa shape index (κ2) is 5.19. The number of furan rings is 1. The quantitative estimate of drug-likeness (QED) is 0.839. The molecule has 0 aliphatic rings. The minimum atomic E-state index is 0.0916. The number of nitrogens with one attached hydrogen (secondary N) is 1. The normalized spacial score (nSPS) is 13.8. The zero-order valence-corrected chi connectivity index (χ0v) is 11.8. The van der Waals surface area contributed by atoms with Crippen molar-refractivity contribution in [3.8, 4) is 0 Å². The monoisotopic (exact) mass is 266 g/mol. The van der Waals surface area contributed by atoms with E-state index in [1.54, 1.807) is 12.5 Å². The lowest BCUT2D eigenvalue weighted by atomic mass is 9.90. The van der Waals surface area contributed by atoms with Crippen molar-refractivity contribution in [1.82, 2.24) is 4.98 Å². The summed E-state index contributed by atoms with van der Waals surface area (Å²) in [6.07, 6.45) is 4.37. The Bertz CT molecular complexity index is 516. The molecule has 2 aromatic heterocycles. The predicted molar refractivity (Wildman–Crippen MR) is 76.2 cm³/mol. The molecule has 2 rings (SSSR count). The van der Waals surface area contributed by atoms with E-state index in [4.69, 9.17) is 16.0 Å². The van der Waals surface area contributed by atoms with Crippen LogP contribution in [0.3, 0.4) is 0 Å². The molecule has 0 aliphatic carbocycles. The first-order chi connectivity index (χ1) is 8.46. The maximum absolute atomic E-state index is 6.33. The number of alkyl halides is 1. The lowest BCUT2D eigenvalue weighted by molar-refractivity contribution is 0.373. The fourth-order valence-electron chi connectivity index (χ4n) is 1.98. The van der Waals surface area contributed by atoms with Crippen molar-refractivity contribution < 1.29 is 4.42 Å². The summed E-state index contributed by atoms with van der Waals surface area (Å²) in [6.45, 7) is 7.28. The molecule has 0 spiro atoms. The summed E-state index contributed by atoms with van der Waals surface area (Å²) < 4.78 is 5.33. The fraction of sp³-hybridized carbons (Fsp3) is 0.500. The molecule has 1 atom stereocenters. The van der Waals surface area contributed by atoms with Crippen LogP contribution in [-0.4, -0.2) is 16.9 Å². The van der Waals surface area contributed by atoms with Crippen LogP contribution in [0.4, 0.5) is 5.82 Å². The summed E-state index contributed by atoms with van der Waals surface area (Å²) in [5, 5.41) is 4.38. The lowest BCUT2D eigenvalue weighted by Crippen LogP contribution is -2.21. The molecule has 1 N–H and O–H groups in total. The lowest BCUT2D eigenvalue weighted by Gasteiger charge is -2.22. The van der Waals surface area contributed by atoms with Gasteiger partial charge >= 0.3 is 0 Å². The van der Waals surface area contributed by atoms with Gasteiger partial charge < -0.3 is 9.73 Å². The summed E-state index contributed by atoms with van der Waals surface area (Å²) in [5.74, 6) is 0.834. The molecule has 3 nitrogen and oxygen atoms in total. The highest BCUT2D eigenvalue weighted by Gasteiger charge is 2.17. The minimum absolute atomic E-state index is 0.0916. The summed E-state index contributed by atoms with van der Waals surface area (Å²) in [6, 6.07) is 3.77. The Morgan fingerprint density at radius 3 is 2.89 bits per heavy atom. The van der Waals surface area contributed by atoms with E-state index in [2.05, 4.69) is 31.1 Å². The van der Waals surface area contributed by atoms with E-state index in [1.807, 2.05) is 12.1 Å². The Morgan fingerprint density at radius 2 is 2.17 bits per heavy atom. The van der Waals surface area contributed by atoms with E-state index in [1.165, 1.54) is 0 Å². The van der Waals surface area contributed by atoms with Crippen LogP contribution in [0.5, 0.6) is 0 Å². The van der Waals surface area contributed by atoms with Crippen LogP contribution in [0.1, 0.15) is 27.2 Å². The molecular weight excluding hydrogens is 248 g/mol. The van der Waals surface area contributed by atoms with Gasteiger partial charge in [-0.3, -0.25) is 0 Å². The van der Waals surface area contributed by atoms with Crippen LogP contribution in [0.25, 0.3) is 11.0 Å². The van der Waals surface area contributed by atoms with Gasteiger partial charge in [0.15, 0.2) is 0 Å². The third-order valence-corrected chi connectivity index (χ3v) is 3.01. The summed E-state index contributed by atoms with van der Waals surface area (Å²) >= 11 is 6.33. The van der Waals surface area contributed by atoms with Crippen molar-refractivity contribution in [2.24, 2.45) is 5.41 Å². The van der Waals surface area contributed by atoms with Crippen molar-refractivity contribution in [2.45, 2.75) is 32.6 Å². The van der Waals surface area contributed by atoms with Gasteiger partial charge in [-0.2, -0.15) is 0 Å². The van der Waals surface area contributed by atoms with Crippen LogP contribution >= 0.6 is 11.6 Å². The van der Waals surface area contributed by atoms with Crippen molar-refractivity contribution in [1.29, 1.82) is 0 Å². The highest BCUT2D eigenvalue weighted by atomic mass is 35.5. The van der Waals surface area contributed by atoms with Crippen LogP contribution in [0, 0.1) is 5.41 Å². The van der Waals surface area contributed by atoms with Crippen molar-refractivity contribution in [3.05, 3.63) is 24.6 Å². The van der Waals surface area contributed by atoms with Gasteiger partial charge in [0, 0.05) is 12.7 Å². The zero-order valence-electron chi connectivity index (χ0n) is 11.0. The zero-order chi connectivity index (χ0) is 13.2. The van der Waals surface area contributed by atoms with Gasteiger partial charge in [-0.25, -0.2) is 4.98 Å². The number of aromatic nitrogens is 1. The van der Waals surface area contributed by atoms with Gasteiger partial charge in [-0.1, -0.05) is 20.8 Å². The number of hydrogen-bond donors (Lipinski definition) is 1. The molecular formula is C14H19ClN2O. The number of fused-ring (bicyclic) bond motifs is 1. The van der Waals surface area contributed by atoms with Crippen LogP contribution < -0.4 is 5.32 Å². The molecule has 0 saturated heterocycles. The third-order valence-electron chi connectivity index (χ3n) is 2.70. The number of hydrogen-bond acceptors (Lipinski definition) is 3. The summed E-state index contributed by atoms with van der Waals surface area (Å²) in [4.78, 5) is 4.32. The number of halogens is 1. The SMILES string of the molecule is CC(C)(C)CC(Cl)CNc1nccc2occc12. The first kappa shape index (κ1) is 13.2. The molecule has 98 valence electrons. The average molecular weight is 267 g/mol. The van der Waals surface area contributed by atoms with Gasteiger partial charge in [0.2, 0.25) is 0 Å². The predicted octanol–water partition coefficient (Wildman–Crippen LogP) is 4.28. The molecule has 2 heterocycles. The Hall–Kier alpha value is -1.22. The highest BCUT2D eigenvalue weighted by Crippen LogP contribution is 2.25. The molecule has 0 saturated carbocycles. The average Bonchev–Trinajstić information content (AvgIpc) is 2.72. The van der Waals surface area contributed by atoms with Crippen LogP contribution in [0.2, 0.25) is 0 Å². The first-order valence-electron chi connectivity index (χ1n) is 6.16. The summed E-state index contributed by atoms with van der Waals surface area (Å²) in [5.41, 5.74) is 1.08. The molecule has 0 radical (unpaired) electrons. The van der Waals surface area contributed by atoms with Gasteiger partial charge in [0.1, 0.15) is 11.4 Å². The minimum Gasteiger partial charge on any atom is -0.464 e. The van der Waals surface area contributed by atoms with Crippen molar-refractivity contribution in [2.75, 3.05) is 11.9 Å². The summed E-state index contributed by atoms with van der Waals surface area (Å²) in [7, 11) is 0. The Kier molecular flexibility index (Phi) is 3.81. The second-order valence-electron chi connectivity index (χ2n) is 5.73. The van der Waals surface area contributed by atoms with E-state index in [0.29, 0.717) is 6.54 Å². The highest BCUT2D eigenvalue weighted by molar-refractivity contribution is 6.21. The number of nitrogens with zero attached hydrogens (tertiary/aromatic N) is 1. The molecule has 18 heavy (non-hydrogen) atoms. The molecule has 0 amide bonds. The first-order valence-corrected chi connectivity index (χ1v) is 6.59. The molecule has 0 fully saturated rings. The van der Waals surface area contributed by atoms with Crippen molar-refractivity contribution in [3.63, 3.8) is 0 Å². The number of rotatable bonds is 4. The van der Waals surface area contributed by atoms with Gasteiger partial charge in [0.05, 0.1) is 17.0 Å². The smallest absolute Gasteiger partial charge is 0.139 e. The third kappa shape index (κ3) is 3.39. The maximum Gasteiger partial charge on any atom is 0.139 e. The molecule has 0 aromatic carbocycles. The van der Waals surface area contributed by atoms with E-state index < -0.39 is 0 Å². The van der Waals surface area contributed by atoms with Gasteiger partial charge in [-0.05, 0) is 24.0 Å². The largest absolute Gasteiger partial charge is 0.464 e. The number of pyridine rings is 1. The second-order valence-corrected chi connectivity index (χ2v) is 6.35. The Balaban J connectivity index is 2.00.